The van der Waals surface area contributed by atoms with Gasteiger partial charge in [-0.1, -0.05) is 65.1 Å². The van der Waals surface area contributed by atoms with E-state index in [4.69, 9.17) is 23.2 Å². The maximum Gasteiger partial charge on any atom is 0.244 e. The number of hydrogen-bond donors (Lipinski definition) is 1. The summed E-state index contributed by atoms with van der Waals surface area (Å²) in [6, 6.07) is 10.6. The highest BCUT2D eigenvalue weighted by molar-refractivity contribution is 9.10. The van der Waals surface area contributed by atoms with Crippen LogP contribution < -0.4 is 9.62 Å². The Morgan fingerprint density at radius 3 is 2.31 bits per heavy atom. The molecule has 0 fully saturated rings. The van der Waals surface area contributed by atoms with Gasteiger partial charge >= 0.3 is 0 Å². The molecule has 0 aliphatic carbocycles. The van der Waals surface area contributed by atoms with E-state index in [1.807, 2.05) is 13.8 Å². The van der Waals surface area contributed by atoms with Crippen LogP contribution in [0.3, 0.4) is 0 Å². The topological polar surface area (TPSA) is 86.8 Å². The minimum absolute atomic E-state index is 0.0113. The highest BCUT2D eigenvalue weighted by Gasteiger charge is 2.32. The van der Waals surface area contributed by atoms with Crippen LogP contribution in [-0.4, -0.2) is 50.0 Å². The Morgan fingerprint density at radius 1 is 1.09 bits per heavy atom. The van der Waals surface area contributed by atoms with Crippen LogP contribution in [0.1, 0.15) is 39.2 Å². The molecule has 11 heteroatoms. The Hall–Kier alpha value is -1.81. The summed E-state index contributed by atoms with van der Waals surface area (Å²) in [5, 5.41) is 3.71. The molecule has 0 unspecified atom stereocenters. The molecular formula is C24H30BrCl2N3O4S. The van der Waals surface area contributed by atoms with E-state index in [0.717, 1.165) is 17.0 Å². The van der Waals surface area contributed by atoms with Gasteiger partial charge in [-0.05, 0) is 55.7 Å². The van der Waals surface area contributed by atoms with Crippen molar-refractivity contribution in [3.8, 4) is 0 Å². The Bertz CT molecular complexity index is 1160. The number of carbonyl (C=O) groups is 2. The van der Waals surface area contributed by atoms with Crippen molar-refractivity contribution >= 4 is 66.7 Å². The van der Waals surface area contributed by atoms with Gasteiger partial charge in [0.25, 0.3) is 0 Å². The third kappa shape index (κ3) is 8.37. The summed E-state index contributed by atoms with van der Waals surface area (Å²) in [4.78, 5) is 28.2. The van der Waals surface area contributed by atoms with Crippen molar-refractivity contribution in [2.45, 2.75) is 52.2 Å². The zero-order valence-electron chi connectivity index (χ0n) is 20.1. The second-order valence-corrected chi connectivity index (χ2v) is 11.9. The molecule has 2 atom stereocenters. The third-order valence-electron chi connectivity index (χ3n) is 5.52. The van der Waals surface area contributed by atoms with Gasteiger partial charge < -0.3 is 10.2 Å². The number of benzene rings is 2. The van der Waals surface area contributed by atoms with Gasteiger partial charge in [-0.15, -0.1) is 0 Å². The number of halogens is 3. The zero-order valence-corrected chi connectivity index (χ0v) is 24.0. The van der Waals surface area contributed by atoms with Gasteiger partial charge in [0.05, 0.1) is 11.9 Å². The summed E-state index contributed by atoms with van der Waals surface area (Å²) < 4.78 is 27.0. The molecule has 2 aromatic rings. The molecule has 0 aromatic heterocycles. The predicted octanol–water partition coefficient (Wildman–Crippen LogP) is 5.24. The number of amides is 2. The molecule has 0 aliphatic heterocycles. The Labute approximate surface area is 225 Å². The first-order valence-electron chi connectivity index (χ1n) is 11.1. The average Bonchev–Trinajstić information content (AvgIpc) is 2.77. The summed E-state index contributed by atoms with van der Waals surface area (Å²) >= 11 is 15.7. The fraction of sp³-hybridized carbons (Fsp3) is 0.417. The molecular weight excluding hydrogens is 577 g/mol. The molecule has 7 nitrogen and oxygen atoms in total. The second-order valence-electron chi connectivity index (χ2n) is 8.25. The van der Waals surface area contributed by atoms with Crippen molar-refractivity contribution in [1.29, 1.82) is 0 Å². The number of nitrogens with zero attached hydrogens (tertiary/aromatic N) is 2. The van der Waals surface area contributed by atoms with Crippen LogP contribution in [0.4, 0.5) is 5.69 Å². The van der Waals surface area contributed by atoms with E-state index in [-0.39, 0.29) is 18.5 Å². The lowest BCUT2D eigenvalue weighted by Crippen LogP contribution is -2.53. The molecule has 0 saturated carbocycles. The van der Waals surface area contributed by atoms with Gasteiger partial charge in [-0.2, -0.15) is 0 Å². The van der Waals surface area contributed by atoms with Gasteiger partial charge in [-0.3, -0.25) is 13.9 Å². The molecule has 2 amide bonds. The second kappa shape index (κ2) is 12.9. The van der Waals surface area contributed by atoms with E-state index < -0.39 is 28.5 Å². The molecule has 1 N–H and O–H groups in total. The highest BCUT2D eigenvalue weighted by Crippen LogP contribution is 2.26. The van der Waals surface area contributed by atoms with Crippen molar-refractivity contribution in [2.24, 2.45) is 0 Å². The standard InChI is InChI=1S/C24H30BrCl2N3O4S/c1-5-16(3)28-24(32)22(6-2)29(14-17-10-11-19(26)13-21(17)27)23(31)15-30(35(4,33)34)20-9-7-8-18(25)12-20/h7-13,16,22H,5-6,14-15H2,1-4H3,(H,28,32)/t16-,22+/m1/s1. The van der Waals surface area contributed by atoms with Crippen molar-refractivity contribution in [2.75, 3.05) is 17.1 Å². The summed E-state index contributed by atoms with van der Waals surface area (Å²) in [6.07, 6.45) is 2.09. The molecule has 0 aliphatic rings. The largest absolute Gasteiger partial charge is 0.352 e. The van der Waals surface area contributed by atoms with Gasteiger partial charge in [0.2, 0.25) is 21.8 Å². The van der Waals surface area contributed by atoms with Crippen molar-refractivity contribution in [3.63, 3.8) is 0 Å². The van der Waals surface area contributed by atoms with Crippen LogP contribution in [0.2, 0.25) is 10.0 Å². The van der Waals surface area contributed by atoms with Crippen LogP contribution in [0.5, 0.6) is 0 Å². The number of nitrogens with one attached hydrogen (secondary N) is 1. The lowest BCUT2D eigenvalue weighted by atomic mass is 10.1. The fourth-order valence-electron chi connectivity index (χ4n) is 3.44. The Morgan fingerprint density at radius 2 is 1.77 bits per heavy atom. The van der Waals surface area contributed by atoms with Crippen LogP contribution in [0.25, 0.3) is 0 Å². The molecule has 2 aromatic carbocycles. The smallest absolute Gasteiger partial charge is 0.244 e. The number of rotatable bonds is 11. The number of hydrogen-bond acceptors (Lipinski definition) is 4. The average molecular weight is 607 g/mol. The number of sulfonamides is 1. The highest BCUT2D eigenvalue weighted by atomic mass is 79.9. The number of carbonyl (C=O) groups excluding carboxylic acids is 2. The van der Waals surface area contributed by atoms with Crippen LogP contribution in [-0.2, 0) is 26.2 Å². The molecule has 0 bridgehead atoms. The fourth-order valence-corrected chi connectivity index (χ4v) is 5.14. The van der Waals surface area contributed by atoms with Gasteiger partial charge in [0.1, 0.15) is 12.6 Å². The minimum atomic E-state index is -3.80. The summed E-state index contributed by atoms with van der Waals surface area (Å²) in [5.41, 5.74) is 0.921. The quantitative estimate of drug-likeness (QED) is 0.379. The van der Waals surface area contributed by atoms with Gasteiger partial charge in [-0.25, -0.2) is 8.42 Å². The molecule has 2 rings (SSSR count). The zero-order chi connectivity index (χ0) is 26.3. The molecule has 0 spiro atoms. The lowest BCUT2D eigenvalue weighted by molar-refractivity contribution is -0.140. The van der Waals surface area contributed by atoms with E-state index >= 15 is 0 Å². The first kappa shape index (κ1) is 29.4. The summed E-state index contributed by atoms with van der Waals surface area (Å²) in [6.45, 7) is 5.16. The summed E-state index contributed by atoms with van der Waals surface area (Å²) in [5.74, 6) is -0.846. The van der Waals surface area contributed by atoms with Crippen LogP contribution >= 0.6 is 39.1 Å². The lowest BCUT2D eigenvalue weighted by Gasteiger charge is -2.33. The molecule has 0 radical (unpaired) electrons. The first-order chi connectivity index (χ1) is 16.4. The Balaban J connectivity index is 2.48. The normalized spacial score (nSPS) is 13.1. The molecule has 35 heavy (non-hydrogen) atoms. The minimum Gasteiger partial charge on any atom is -0.352 e. The van der Waals surface area contributed by atoms with Gasteiger partial charge in [0.15, 0.2) is 0 Å². The Kier molecular flexibility index (Phi) is 10.9. The van der Waals surface area contributed by atoms with Crippen molar-refractivity contribution < 1.29 is 18.0 Å². The van der Waals surface area contributed by atoms with E-state index in [1.54, 1.807) is 49.4 Å². The molecule has 192 valence electrons. The monoisotopic (exact) mass is 605 g/mol. The first-order valence-corrected chi connectivity index (χ1v) is 14.5. The van der Waals surface area contributed by atoms with Crippen LogP contribution in [0.15, 0.2) is 46.9 Å². The van der Waals surface area contributed by atoms with E-state index in [9.17, 15) is 18.0 Å². The third-order valence-corrected chi connectivity index (χ3v) is 7.74. The van der Waals surface area contributed by atoms with Crippen LogP contribution in [0, 0.1) is 0 Å². The molecule has 0 heterocycles. The SMILES string of the molecule is CC[C@@H](C)NC(=O)[C@H](CC)N(Cc1ccc(Cl)cc1Cl)C(=O)CN(c1cccc(Br)c1)S(C)(=O)=O. The maximum atomic E-state index is 13.7. The summed E-state index contributed by atoms with van der Waals surface area (Å²) in [7, 11) is -3.80. The van der Waals surface area contributed by atoms with E-state index in [1.165, 1.54) is 4.90 Å². The maximum absolute atomic E-state index is 13.7. The van der Waals surface area contributed by atoms with Crippen molar-refractivity contribution in [3.05, 3.63) is 62.5 Å². The predicted molar refractivity (Wildman–Crippen MR) is 145 cm³/mol. The van der Waals surface area contributed by atoms with Crippen molar-refractivity contribution in [1.82, 2.24) is 10.2 Å². The number of anilines is 1. The van der Waals surface area contributed by atoms with E-state index in [2.05, 4.69) is 21.2 Å². The van der Waals surface area contributed by atoms with E-state index in [0.29, 0.717) is 32.2 Å². The van der Waals surface area contributed by atoms with Gasteiger partial charge in [0, 0.05) is 27.1 Å². The molecule has 0 saturated heterocycles.